The van der Waals surface area contributed by atoms with Crippen molar-refractivity contribution in [3.05, 3.63) is 0 Å². The van der Waals surface area contributed by atoms with Crippen LogP contribution in [-0.4, -0.2) is 41.6 Å². The van der Waals surface area contributed by atoms with E-state index >= 15 is 0 Å². The minimum atomic E-state index is 0.839. The summed E-state index contributed by atoms with van der Waals surface area (Å²) in [6, 6.07) is 0.983. The molecule has 0 radical (unpaired) electrons. The van der Waals surface area contributed by atoms with Crippen LogP contribution in [0.25, 0.3) is 0 Å². The van der Waals surface area contributed by atoms with E-state index in [1.54, 1.807) is 0 Å². The van der Waals surface area contributed by atoms with Gasteiger partial charge < -0.3 is 0 Å². The molecule has 1 aliphatic carbocycles. The Bertz CT molecular complexity index is 289. The highest BCUT2D eigenvalue weighted by Crippen LogP contribution is 2.44. The van der Waals surface area contributed by atoms with E-state index in [0.29, 0.717) is 0 Å². The molecule has 17 heavy (non-hydrogen) atoms. The molecule has 96 valence electrons. The van der Waals surface area contributed by atoms with Crippen molar-refractivity contribution in [3.8, 4) is 0 Å². The Morgan fingerprint density at radius 3 is 2.59 bits per heavy atom. The van der Waals surface area contributed by atoms with Crippen LogP contribution in [0.5, 0.6) is 0 Å². The van der Waals surface area contributed by atoms with E-state index in [9.17, 15) is 0 Å². The molecule has 0 aromatic carbocycles. The number of hydrogen-bond donors (Lipinski definition) is 0. The van der Waals surface area contributed by atoms with Crippen molar-refractivity contribution in [2.45, 2.75) is 63.6 Å². The monoisotopic (exact) mass is 234 g/mol. The third-order valence-corrected chi connectivity index (χ3v) is 5.92. The topological polar surface area (TPSA) is 6.48 Å². The SMILES string of the molecule is C1C[C@H]2CCCN3[C@H]2[C@@H](C1)CN1CCCC[C@@H]13. The van der Waals surface area contributed by atoms with E-state index in [2.05, 4.69) is 9.80 Å². The molecule has 4 aliphatic rings. The molecule has 4 atom stereocenters. The third-order valence-electron chi connectivity index (χ3n) is 5.92. The molecule has 0 amide bonds. The zero-order valence-electron chi connectivity index (χ0n) is 11.0. The van der Waals surface area contributed by atoms with Crippen molar-refractivity contribution in [2.24, 2.45) is 11.8 Å². The van der Waals surface area contributed by atoms with E-state index in [-0.39, 0.29) is 0 Å². The van der Waals surface area contributed by atoms with Crippen LogP contribution in [-0.2, 0) is 0 Å². The molecule has 0 unspecified atom stereocenters. The van der Waals surface area contributed by atoms with Crippen molar-refractivity contribution in [2.75, 3.05) is 19.6 Å². The van der Waals surface area contributed by atoms with Gasteiger partial charge in [-0.2, -0.15) is 0 Å². The van der Waals surface area contributed by atoms with Gasteiger partial charge in [-0.3, -0.25) is 9.80 Å². The van der Waals surface area contributed by atoms with Crippen LogP contribution < -0.4 is 0 Å². The minimum absolute atomic E-state index is 0.839. The van der Waals surface area contributed by atoms with Crippen LogP contribution in [0.2, 0.25) is 0 Å². The number of fused-ring (bicyclic) bond motifs is 2. The van der Waals surface area contributed by atoms with Crippen LogP contribution in [0.4, 0.5) is 0 Å². The summed E-state index contributed by atoms with van der Waals surface area (Å²) < 4.78 is 0. The standard InChI is InChI=1S/C15H26N2/c1-2-9-16-11-13-6-3-5-12-7-4-10-17(15(12)13)14(16)8-1/h12-15H,1-11H2/t12-,13-,14-,15+/m0/s1. The van der Waals surface area contributed by atoms with E-state index in [4.69, 9.17) is 0 Å². The zero-order chi connectivity index (χ0) is 11.2. The highest BCUT2D eigenvalue weighted by molar-refractivity contribution is 5.00. The average molecular weight is 234 g/mol. The van der Waals surface area contributed by atoms with Crippen molar-refractivity contribution in [3.63, 3.8) is 0 Å². The van der Waals surface area contributed by atoms with Crippen molar-refractivity contribution >= 4 is 0 Å². The lowest BCUT2D eigenvalue weighted by atomic mass is 9.70. The fraction of sp³-hybridized carbons (Fsp3) is 1.00. The molecule has 0 N–H and O–H groups in total. The molecule has 3 heterocycles. The summed E-state index contributed by atoms with van der Waals surface area (Å²) in [5.74, 6) is 2.08. The molecular weight excluding hydrogens is 208 g/mol. The van der Waals surface area contributed by atoms with Gasteiger partial charge in [0.1, 0.15) is 0 Å². The van der Waals surface area contributed by atoms with Gasteiger partial charge in [0.05, 0.1) is 6.17 Å². The first-order chi connectivity index (χ1) is 8.43. The van der Waals surface area contributed by atoms with Gasteiger partial charge in [0.25, 0.3) is 0 Å². The summed E-state index contributed by atoms with van der Waals surface area (Å²) >= 11 is 0. The number of piperidine rings is 2. The maximum atomic E-state index is 2.95. The van der Waals surface area contributed by atoms with Gasteiger partial charge in [0.2, 0.25) is 0 Å². The summed E-state index contributed by atoms with van der Waals surface area (Å²) in [7, 11) is 0. The molecule has 3 saturated heterocycles. The van der Waals surface area contributed by atoms with E-state index in [1.165, 1.54) is 71.0 Å². The Balaban J connectivity index is 1.63. The fourth-order valence-corrected chi connectivity index (χ4v) is 5.32. The molecule has 0 aromatic rings. The van der Waals surface area contributed by atoms with Crippen molar-refractivity contribution < 1.29 is 0 Å². The van der Waals surface area contributed by atoms with E-state index in [0.717, 1.165) is 24.0 Å². The highest BCUT2D eigenvalue weighted by atomic mass is 15.4. The normalized spacial score (nSPS) is 47.3. The van der Waals surface area contributed by atoms with E-state index in [1.807, 2.05) is 0 Å². The third kappa shape index (κ3) is 1.67. The lowest BCUT2D eigenvalue weighted by Crippen LogP contribution is -2.67. The maximum absolute atomic E-state index is 2.95. The van der Waals surface area contributed by atoms with Crippen molar-refractivity contribution in [1.82, 2.24) is 9.80 Å². The molecule has 2 heteroatoms. The van der Waals surface area contributed by atoms with Crippen LogP contribution in [0.1, 0.15) is 51.4 Å². The molecule has 3 aliphatic heterocycles. The Morgan fingerprint density at radius 1 is 0.706 bits per heavy atom. The summed E-state index contributed by atoms with van der Waals surface area (Å²) in [6.45, 7) is 4.22. The summed E-state index contributed by atoms with van der Waals surface area (Å²) in [5.41, 5.74) is 0. The summed E-state index contributed by atoms with van der Waals surface area (Å²) in [6.07, 6.45) is 12.8. The second-order valence-electron chi connectivity index (χ2n) is 6.79. The predicted molar refractivity (Wildman–Crippen MR) is 69.8 cm³/mol. The van der Waals surface area contributed by atoms with Gasteiger partial charge in [-0.05, 0) is 69.9 Å². The molecule has 4 rings (SSSR count). The molecule has 4 fully saturated rings. The molecule has 0 bridgehead atoms. The number of hydrogen-bond acceptors (Lipinski definition) is 2. The second-order valence-corrected chi connectivity index (χ2v) is 6.79. The molecule has 1 saturated carbocycles. The quantitative estimate of drug-likeness (QED) is 0.636. The molecule has 0 aromatic heterocycles. The van der Waals surface area contributed by atoms with Gasteiger partial charge in [-0.1, -0.05) is 6.42 Å². The summed E-state index contributed by atoms with van der Waals surface area (Å²) in [5, 5.41) is 0. The Kier molecular flexibility index (Phi) is 2.69. The number of nitrogens with zero attached hydrogens (tertiary/aromatic N) is 2. The van der Waals surface area contributed by atoms with Crippen LogP contribution in [0.3, 0.4) is 0 Å². The highest BCUT2D eigenvalue weighted by Gasteiger charge is 2.47. The lowest BCUT2D eigenvalue weighted by Gasteiger charge is -2.59. The number of rotatable bonds is 0. The van der Waals surface area contributed by atoms with Crippen LogP contribution in [0, 0.1) is 11.8 Å². The van der Waals surface area contributed by atoms with Crippen LogP contribution in [0.15, 0.2) is 0 Å². The zero-order valence-corrected chi connectivity index (χ0v) is 11.0. The largest absolute Gasteiger partial charge is 0.288 e. The lowest BCUT2D eigenvalue weighted by molar-refractivity contribution is -0.128. The predicted octanol–water partition coefficient (Wildman–Crippen LogP) is 2.69. The maximum Gasteiger partial charge on any atom is 0.0625 e. The molecule has 0 spiro atoms. The van der Waals surface area contributed by atoms with Gasteiger partial charge in [-0.15, -0.1) is 0 Å². The van der Waals surface area contributed by atoms with E-state index < -0.39 is 0 Å². The Morgan fingerprint density at radius 2 is 1.59 bits per heavy atom. The van der Waals surface area contributed by atoms with Gasteiger partial charge in [0.15, 0.2) is 0 Å². The van der Waals surface area contributed by atoms with Gasteiger partial charge in [-0.25, -0.2) is 0 Å². The second kappa shape index (κ2) is 4.24. The molecular formula is C15H26N2. The van der Waals surface area contributed by atoms with Crippen molar-refractivity contribution in [1.29, 1.82) is 0 Å². The molecule has 2 nitrogen and oxygen atoms in total. The minimum Gasteiger partial charge on any atom is -0.288 e. The fourth-order valence-electron chi connectivity index (χ4n) is 5.32. The smallest absolute Gasteiger partial charge is 0.0625 e. The summed E-state index contributed by atoms with van der Waals surface area (Å²) in [4.78, 5) is 5.78. The van der Waals surface area contributed by atoms with Gasteiger partial charge >= 0.3 is 0 Å². The first kappa shape index (κ1) is 10.8. The van der Waals surface area contributed by atoms with Gasteiger partial charge in [0, 0.05) is 12.6 Å². The van der Waals surface area contributed by atoms with Crippen LogP contribution >= 0.6 is 0 Å². The average Bonchev–Trinajstić information content (AvgIpc) is 2.39. The first-order valence-electron chi connectivity index (χ1n) is 7.93. The first-order valence-corrected chi connectivity index (χ1v) is 7.93. The Hall–Kier alpha value is -0.0800. The Labute approximate surface area is 105 Å².